The molecule has 1 N–H and O–H groups in total. The lowest BCUT2D eigenvalue weighted by Crippen LogP contribution is -2.14. The number of aryl methyl sites for hydroxylation is 2. The molecule has 2 aromatic heterocycles. The topological polar surface area (TPSA) is 58.6 Å². The summed E-state index contributed by atoms with van der Waals surface area (Å²) in [6.45, 7) is 2.12. The van der Waals surface area contributed by atoms with Gasteiger partial charge in [-0.2, -0.15) is 0 Å². The van der Waals surface area contributed by atoms with Gasteiger partial charge in [-0.1, -0.05) is 24.8 Å². The Morgan fingerprint density at radius 3 is 3.00 bits per heavy atom. The lowest BCUT2D eigenvalue weighted by Gasteiger charge is -2.05. The molecule has 104 valence electrons. The van der Waals surface area contributed by atoms with Crippen molar-refractivity contribution in [2.24, 2.45) is 0 Å². The Morgan fingerprint density at radius 1 is 1.30 bits per heavy atom. The fraction of sp³-hybridized carbons (Fsp3) is 0.400. The molecular weight excluding hydrogens is 270 g/mol. The summed E-state index contributed by atoms with van der Waals surface area (Å²) >= 11 is 1.57. The molecule has 5 heteroatoms. The average molecular weight is 287 g/mol. The normalized spacial score (nSPS) is 13.4. The fourth-order valence-corrected chi connectivity index (χ4v) is 3.25. The molecular formula is C15H17N3OS. The Hall–Kier alpha value is -1.62. The predicted octanol–water partition coefficient (Wildman–Crippen LogP) is 2.51. The molecule has 2 heterocycles. The highest BCUT2D eigenvalue weighted by atomic mass is 32.2. The molecule has 2 aromatic rings. The van der Waals surface area contributed by atoms with Gasteiger partial charge in [-0.3, -0.25) is 9.78 Å². The van der Waals surface area contributed by atoms with Gasteiger partial charge in [0.05, 0.1) is 5.69 Å². The van der Waals surface area contributed by atoms with E-state index in [4.69, 9.17) is 0 Å². The smallest absolute Gasteiger partial charge is 0.254 e. The summed E-state index contributed by atoms with van der Waals surface area (Å²) in [5.41, 5.74) is 4.30. The first-order valence-corrected chi connectivity index (χ1v) is 7.92. The maximum absolute atomic E-state index is 11.9. The van der Waals surface area contributed by atoms with Crippen molar-refractivity contribution < 1.29 is 0 Å². The van der Waals surface area contributed by atoms with Crippen LogP contribution in [-0.4, -0.2) is 15.0 Å². The van der Waals surface area contributed by atoms with Gasteiger partial charge in [0, 0.05) is 23.7 Å². The van der Waals surface area contributed by atoms with Crippen molar-refractivity contribution in [1.29, 1.82) is 0 Å². The van der Waals surface area contributed by atoms with E-state index in [1.807, 2.05) is 12.4 Å². The van der Waals surface area contributed by atoms with E-state index in [9.17, 15) is 4.79 Å². The van der Waals surface area contributed by atoms with Gasteiger partial charge in [0.15, 0.2) is 5.16 Å². The van der Waals surface area contributed by atoms with Crippen molar-refractivity contribution >= 4 is 11.8 Å². The van der Waals surface area contributed by atoms with Gasteiger partial charge in [0.25, 0.3) is 5.56 Å². The van der Waals surface area contributed by atoms with Crippen molar-refractivity contribution in [1.82, 2.24) is 15.0 Å². The zero-order valence-electron chi connectivity index (χ0n) is 11.5. The standard InChI is InChI=1S/C15H17N3OS/c1-2-10-6-11(8-16-7-10)9-20-15-17-13-5-3-4-12(13)14(19)18-15/h6-8H,2-5,9H2,1H3,(H,17,18,19). The van der Waals surface area contributed by atoms with E-state index in [1.165, 1.54) is 5.56 Å². The van der Waals surface area contributed by atoms with Gasteiger partial charge >= 0.3 is 0 Å². The van der Waals surface area contributed by atoms with Crippen LogP contribution in [0.5, 0.6) is 0 Å². The number of nitrogens with zero attached hydrogens (tertiary/aromatic N) is 2. The van der Waals surface area contributed by atoms with Crippen LogP contribution in [0.4, 0.5) is 0 Å². The molecule has 0 radical (unpaired) electrons. The molecule has 4 nitrogen and oxygen atoms in total. The van der Waals surface area contributed by atoms with Gasteiger partial charge in [0.2, 0.25) is 0 Å². The Balaban J connectivity index is 1.75. The average Bonchev–Trinajstić information content (AvgIpc) is 2.94. The monoisotopic (exact) mass is 287 g/mol. The van der Waals surface area contributed by atoms with Gasteiger partial charge in [0.1, 0.15) is 0 Å². The second kappa shape index (κ2) is 5.79. The van der Waals surface area contributed by atoms with Crippen LogP contribution in [0, 0.1) is 0 Å². The molecule has 0 saturated heterocycles. The number of fused-ring (bicyclic) bond motifs is 1. The first-order valence-electron chi connectivity index (χ1n) is 6.94. The predicted molar refractivity (Wildman–Crippen MR) is 80.1 cm³/mol. The van der Waals surface area contributed by atoms with Crippen molar-refractivity contribution in [2.75, 3.05) is 0 Å². The second-order valence-electron chi connectivity index (χ2n) is 4.99. The van der Waals surface area contributed by atoms with Gasteiger partial charge in [-0.05, 0) is 36.8 Å². The molecule has 0 fully saturated rings. The number of H-pyrrole nitrogens is 1. The summed E-state index contributed by atoms with van der Waals surface area (Å²) in [5, 5.41) is 0.720. The van der Waals surface area contributed by atoms with Gasteiger partial charge < -0.3 is 4.98 Å². The molecule has 0 amide bonds. The third-order valence-electron chi connectivity index (χ3n) is 3.56. The largest absolute Gasteiger partial charge is 0.301 e. The number of hydrogen-bond donors (Lipinski definition) is 1. The molecule has 1 aliphatic rings. The van der Waals surface area contributed by atoms with Crippen LogP contribution in [-0.2, 0) is 25.0 Å². The fourth-order valence-electron chi connectivity index (χ4n) is 2.45. The highest BCUT2D eigenvalue weighted by molar-refractivity contribution is 7.98. The minimum Gasteiger partial charge on any atom is -0.301 e. The van der Waals surface area contributed by atoms with E-state index in [-0.39, 0.29) is 5.56 Å². The SMILES string of the molecule is CCc1cncc(CSc2nc3c(c(=O)[nH]2)CCC3)c1. The lowest BCUT2D eigenvalue weighted by atomic mass is 10.2. The van der Waals surface area contributed by atoms with Crippen molar-refractivity contribution in [2.45, 2.75) is 43.5 Å². The summed E-state index contributed by atoms with van der Waals surface area (Å²) in [4.78, 5) is 23.6. The summed E-state index contributed by atoms with van der Waals surface area (Å²) in [6.07, 6.45) is 7.59. The van der Waals surface area contributed by atoms with E-state index >= 15 is 0 Å². The van der Waals surface area contributed by atoms with Gasteiger partial charge in [-0.25, -0.2) is 4.98 Å². The van der Waals surface area contributed by atoms with E-state index in [2.05, 4.69) is 27.9 Å². The van der Waals surface area contributed by atoms with Crippen molar-refractivity contribution in [3.63, 3.8) is 0 Å². The molecule has 0 atom stereocenters. The maximum Gasteiger partial charge on any atom is 0.254 e. The summed E-state index contributed by atoms with van der Waals surface area (Å²) in [7, 11) is 0. The maximum atomic E-state index is 11.9. The zero-order chi connectivity index (χ0) is 13.9. The van der Waals surface area contributed by atoms with Crippen LogP contribution >= 0.6 is 11.8 Å². The Labute approximate surface area is 122 Å². The number of nitrogens with one attached hydrogen (secondary N) is 1. The highest BCUT2D eigenvalue weighted by Crippen LogP contribution is 2.22. The molecule has 3 rings (SSSR count). The van der Waals surface area contributed by atoms with Crippen LogP contribution < -0.4 is 5.56 Å². The molecule has 0 unspecified atom stereocenters. The Kier molecular flexibility index (Phi) is 3.87. The Bertz CT molecular complexity index is 681. The third-order valence-corrected chi connectivity index (χ3v) is 4.50. The number of aromatic amines is 1. The van der Waals surface area contributed by atoms with Crippen LogP contribution in [0.2, 0.25) is 0 Å². The minimum absolute atomic E-state index is 0.0374. The highest BCUT2D eigenvalue weighted by Gasteiger charge is 2.17. The number of hydrogen-bond acceptors (Lipinski definition) is 4. The van der Waals surface area contributed by atoms with E-state index in [1.54, 1.807) is 11.8 Å². The van der Waals surface area contributed by atoms with Crippen LogP contribution in [0.25, 0.3) is 0 Å². The quantitative estimate of drug-likeness (QED) is 0.693. The molecule has 0 aromatic carbocycles. The molecule has 20 heavy (non-hydrogen) atoms. The number of aromatic nitrogens is 3. The summed E-state index contributed by atoms with van der Waals surface area (Å²) in [5.74, 6) is 0.780. The summed E-state index contributed by atoms with van der Waals surface area (Å²) < 4.78 is 0. The first kappa shape index (κ1) is 13.4. The third kappa shape index (κ3) is 2.77. The number of thioether (sulfide) groups is 1. The van der Waals surface area contributed by atoms with Crippen LogP contribution in [0.3, 0.4) is 0 Å². The Morgan fingerprint density at radius 2 is 2.15 bits per heavy atom. The number of pyridine rings is 1. The summed E-state index contributed by atoms with van der Waals surface area (Å²) in [6, 6.07) is 2.16. The zero-order valence-corrected chi connectivity index (χ0v) is 12.3. The molecule has 0 aliphatic heterocycles. The van der Waals surface area contributed by atoms with E-state index in [0.29, 0.717) is 0 Å². The van der Waals surface area contributed by atoms with Crippen LogP contribution in [0.15, 0.2) is 28.4 Å². The van der Waals surface area contributed by atoms with Crippen molar-refractivity contribution in [3.05, 3.63) is 51.2 Å². The van der Waals surface area contributed by atoms with E-state index < -0.39 is 0 Å². The minimum atomic E-state index is 0.0374. The van der Waals surface area contributed by atoms with Crippen LogP contribution in [0.1, 0.15) is 35.7 Å². The lowest BCUT2D eigenvalue weighted by molar-refractivity contribution is 0.869. The first-order chi connectivity index (χ1) is 9.76. The molecule has 0 bridgehead atoms. The molecule has 1 aliphatic carbocycles. The van der Waals surface area contributed by atoms with Gasteiger partial charge in [-0.15, -0.1) is 0 Å². The van der Waals surface area contributed by atoms with E-state index in [0.717, 1.165) is 53.4 Å². The second-order valence-corrected chi connectivity index (χ2v) is 5.96. The molecule has 0 spiro atoms. The number of rotatable bonds is 4. The molecule has 0 saturated carbocycles. The van der Waals surface area contributed by atoms with Crippen molar-refractivity contribution in [3.8, 4) is 0 Å².